The van der Waals surface area contributed by atoms with Gasteiger partial charge in [-0.05, 0) is 38.3 Å². The Kier molecular flexibility index (Phi) is 6.27. The number of likely N-dealkylation sites (tertiary alicyclic amines) is 1. The lowest BCUT2D eigenvalue weighted by Gasteiger charge is -2.32. The van der Waals surface area contributed by atoms with Crippen molar-refractivity contribution in [2.24, 2.45) is 11.1 Å². The summed E-state index contributed by atoms with van der Waals surface area (Å²) in [7, 11) is 2.14. The average molecular weight is 269 g/mol. The molecule has 0 spiro atoms. The molecule has 2 unspecified atom stereocenters. The van der Waals surface area contributed by atoms with Gasteiger partial charge in [-0.25, -0.2) is 0 Å². The van der Waals surface area contributed by atoms with Gasteiger partial charge in [0.2, 0.25) is 5.91 Å². The second-order valence-electron chi connectivity index (χ2n) is 7.16. The molecule has 112 valence electrons. The van der Waals surface area contributed by atoms with E-state index < -0.39 is 0 Å². The Bertz CT molecular complexity index is 286. The van der Waals surface area contributed by atoms with Gasteiger partial charge in [0, 0.05) is 25.0 Å². The molecule has 1 aliphatic heterocycles. The molecule has 0 aromatic rings. The van der Waals surface area contributed by atoms with Crippen molar-refractivity contribution in [1.29, 1.82) is 0 Å². The van der Waals surface area contributed by atoms with Crippen LogP contribution in [-0.2, 0) is 4.79 Å². The maximum atomic E-state index is 11.9. The minimum absolute atomic E-state index is 0.0379. The second-order valence-corrected chi connectivity index (χ2v) is 7.16. The molecule has 19 heavy (non-hydrogen) atoms. The zero-order valence-corrected chi connectivity index (χ0v) is 13.0. The van der Waals surface area contributed by atoms with Gasteiger partial charge in [0.05, 0.1) is 0 Å². The largest absolute Gasteiger partial charge is 0.354 e. The van der Waals surface area contributed by atoms with Gasteiger partial charge in [-0.1, -0.05) is 27.2 Å². The SMILES string of the molecule is CN1CCCCC1CNC(=O)CC(N)CC(C)(C)C. The summed E-state index contributed by atoms with van der Waals surface area (Å²) < 4.78 is 0. The molecule has 1 amide bonds. The van der Waals surface area contributed by atoms with Crippen molar-refractivity contribution in [3.8, 4) is 0 Å². The topological polar surface area (TPSA) is 58.4 Å². The van der Waals surface area contributed by atoms with Crippen LogP contribution in [-0.4, -0.2) is 43.0 Å². The third kappa shape index (κ3) is 6.92. The van der Waals surface area contributed by atoms with Crippen LogP contribution in [0.2, 0.25) is 0 Å². The Hall–Kier alpha value is -0.610. The highest BCUT2D eigenvalue weighted by atomic mass is 16.1. The molecular formula is C15H31N3O. The summed E-state index contributed by atoms with van der Waals surface area (Å²) in [6, 6.07) is 0.459. The Balaban J connectivity index is 2.23. The smallest absolute Gasteiger partial charge is 0.221 e. The van der Waals surface area contributed by atoms with Gasteiger partial charge in [0.1, 0.15) is 0 Å². The molecule has 0 aromatic carbocycles. The third-order valence-electron chi connectivity index (χ3n) is 3.78. The molecule has 0 saturated carbocycles. The number of hydrogen-bond donors (Lipinski definition) is 2. The summed E-state index contributed by atoms with van der Waals surface area (Å²) in [5.74, 6) is 0.0933. The molecule has 0 radical (unpaired) electrons. The van der Waals surface area contributed by atoms with E-state index in [0.717, 1.165) is 19.5 Å². The van der Waals surface area contributed by atoms with Gasteiger partial charge in [-0.15, -0.1) is 0 Å². The molecule has 1 rings (SSSR count). The number of rotatable bonds is 5. The molecule has 1 saturated heterocycles. The van der Waals surface area contributed by atoms with Gasteiger partial charge < -0.3 is 16.0 Å². The maximum absolute atomic E-state index is 11.9. The summed E-state index contributed by atoms with van der Waals surface area (Å²) in [4.78, 5) is 14.2. The number of carbonyl (C=O) groups is 1. The quantitative estimate of drug-likeness (QED) is 0.799. The van der Waals surface area contributed by atoms with Gasteiger partial charge >= 0.3 is 0 Å². The van der Waals surface area contributed by atoms with Crippen molar-refractivity contribution in [3.05, 3.63) is 0 Å². The molecule has 0 aromatic heterocycles. The molecule has 1 heterocycles. The van der Waals surface area contributed by atoms with Crippen molar-refractivity contribution in [3.63, 3.8) is 0 Å². The van der Waals surface area contributed by atoms with Crippen LogP contribution in [0.5, 0.6) is 0 Å². The normalized spacial score (nSPS) is 23.1. The first kappa shape index (κ1) is 16.4. The fourth-order valence-corrected chi connectivity index (χ4v) is 2.80. The van der Waals surface area contributed by atoms with E-state index in [2.05, 4.69) is 38.0 Å². The lowest BCUT2D eigenvalue weighted by molar-refractivity contribution is -0.121. The highest BCUT2D eigenvalue weighted by Crippen LogP contribution is 2.21. The van der Waals surface area contributed by atoms with Crippen LogP contribution in [0.4, 0.5) is 0 Å². The summed E-state index contributed by atoms with van der Waals surface area (Å²) in [6.07, 6.45) is 5.05. The maximum Gasteiger partial charge on any atom is 0.221 e. The van der Waals surface area contributed by atoms with Gasteiger partial charge in [-0.3, -0.25) is 4.79 Å². The van der Waals surface area contributed by atoms with E-state index in [1.807, 2.05) is 0 Å². The molecule has 1 fully saturated rings. The van der Waals surface area contributed by atoms with Crippen LogP contribution < -0.4 is 11.1 Å². The second kappa shape index (κ2) is 7.25. The number of amides is 1. The lowest BCUT2D eigenvalue weighted by Crippen LogP contribution is -2.45. The van der Waals surface area contributed by atoms with Crippen LogP contribution in [0.1, 0.15) is 52.9 Å². The number of nitrogens with one attached hydrogen (secondary N) is 1. The van der Waals surface area contributed by atoms with E-state index in [-0.39, 0.29) is 17.4 Å². The van der Waals surface area contributed by atoms with Gasteiger partial charge in [0.15, 0.2) is 0 Å². The molecule has 0 bridgehead atoms. The van der Waals surface area contributed by atoms with Crippen molar-refractivity contribution in [1.82, 2.24) is 10.2 Å². The first-order valence-electron chi connectivity index (χ1n) is 7.50. The molecule has 1 aliphatic rings. The zero-order valence-electron chi connectivity index (χ0n) is 13.0. The van der Waals surface area contributed by atoms with Crippen molar-refractivity contribution in [2.45, 2.75) is 65.0 Å². The lowest BCUT2D eigenvalue weighted by atomic mass is 9.87. The van der Waals surface area contributed by atoms with Crippen molar-refractivity contribution < 1.29 is 4.79 Å². The minimum Gasteiger partial charge on any atom is -0.354 e. The van der Waals surface area contributed by atoms with E-state index in [4.69, 9.17) is 5.73 Å². The number of carbonyl (C=O) groups excluding carboxylic acids is 1. The first-order chi connectivity index (χ1) is 8.78. The number of nitrogens with zero attached hydrogens (tertiary/aromatic N) is 1. The first-order valence-corrected chi connectivity index (χ1v) is 7.50. The molecular weight excluding hydrogens is 238 g/mol. The van der Waals surface area contributed by atoms with Crippen molar-refractivity contribution in [2.75, 3.05) is 20.1 Å². The fraction of sp³-hybridized carbons (Fsp3) is 0.933. The Labute approximate surface area is 118 Å². The number of hydrogen-bond acceptors (Lipinski definition) is 3. The predicted octanol–water partition coefficient (Wildman–Crippen LogP) is 1.74. The van der Waals surface area contributed by atoms with E-state index in [1.54, 1.807) is 0 Å². The summed E-state index contributed by atoms with van der Waals surface area (Å²) in [5.41, 5.74) is 6.21. The van der Waals surface area contributed by atoms with E-state index in [9.17, 15) is 4.79 Å². The van der Waals surface area contributed by atoms with E-state index in [1.165, 1.54) is 19.3 Å². The molecule has 3 N–H and O–H groups in total. The Morgan fingerprint density at radius 3 is 2.68 bits per heavy atom. The third-order valence-corrected chi connectivity index (χ3v) is 3.78. The highest BCUT2D eigenvalue weighted by Gasteiger charge is 2.21. The van der Waals surface area contributed by atoms with Crippen LogP contribution in [0.25, 0.3) is 0 Å². The van der Waals surface area contributed by atoms with Crippen molar-refractivity contribution >= 4 is 5.91 Å². The van der Waals surface area contributed by atoms with Crippen LogP contribution >= 0.6 is 0 Å². The molecule has 2 atom stereocenters. The standard InChI is InChI=1S/C15H31N3O/c1-15(2,3)10-12(16)9-14(19)17-11-13-7-5-6-8-18(13)4/h12-13H,5-11,16H2,1-4H3,(H,17,19). The van der Waals surface area contributed by atoms with Gasteiger partial charge in [-0.2, -0.15) is 0 Å². The molecule has 4 nitrogen and oxygen atoms in total. The highest BCUT2D eigenvalue weighted by molar-refractivity contribution is 5.76. The fourth-order valence-electron chi connectivity index (χ4n) is 2.80. The van der Waals surface area contributed by atoms with Crippen LogP contribution in [0.3, 0.4) is 0 Å². The Morgan fingerprint density at radius 1 is 1.42 bits per heavy atom. The number of likely N-dealkylation sites (N-methyl/N-ethyl adjacent to an activating group) is 1. The van der Waals surface area contributed by atoms with E-state index >= 15 is 0 Å². The Morgan fingerprint density at radius 2 is 2.11 bits per heavy atom. The minimum atomic E-state index is -0.0379. The van der Waals surface area contributed by atoms with Crippen LogP contribution in [0.15, 0.2) is 0 Å². The number of piperidine rings is 1. The monoisotopic (exact) mass is 269 g/mol. The van der Waals surface area contributed by atoms with Crippen LogP contribution in [0, 0.1) is 5.41 Å². The number of nitrogens with two attached hydrogens (primary N) is 1. The zero-order chi connectivity index (χ0) is 14.5. The molecule has 4 heteroatoms. The summed E-state index contributed by atoms with van der Waals surface area (Å²) >= 11 is 0. The van der Waals surface area contributed by atoms with E-state index in [0.29, 0.717) is 12.5 Å². The molecule has 0 aliphatic carbocycles. The predicted molar refractivity (Wildman–Crippen MR) is 79.9 cm³/mol. The summed E-state index contributed by atoms with van der Waals surface area (Å²) in [5, 5.41) is 3.04. The van der Waals surface area contributed by atoms with Gasteiger partial charge in [0.25, 0.3) is 0 Å². The summed E-state index contributed by atoms with van der Waals surface area (Å²) in [6.45, 7) is 8.37. The average Bonchev–Trinajstić information content (AvgIpc) is 2.25.